The lowest BCUT2D eigenvalue weighted by molar-refractivity contribution is 0.402. The molecule has 0 saturated heterocycles. The van der Waals surface area contributed by atoms with Crippen molar-refractivity contribution in [1.29, 1.82) is 5.26 Å². The van der Waals surface area contributed by atoms with E-state index in [0.29, 0.717) is 12.1 Å². The van der Waals surface area contributed by atoms with Gasteiger partial charge in [0.25, 0.3) is 0 Å². The van der Waals surface area contributed by atoms with Crippen LogP contribution in [0.2, 0.25) is 0 Å². The Kier molecular flexibility index (Phi) is 7.29. The van der Waals surface area contributed by atoms with E-state index in [1.807, 2.05) is 69.7 Å². The van der Waals surface area contributed by atoms with Crippen molar-refractivity contribution in [2.45, 2.75) is 20.0 Å². The number of hydrogen-bond acceptors (Lipinski definition) is 7. The minimum Gasteiger partial charge on any atom is -0.378 e. The first-order valence-corrected chi connectivity index (χ1v) is 11.2. The second-order valence-electron chi connectivity index (χ2n) is 8.67. The van der Waals surface area contributed by atoms with Gasteiger partial charge in [-0.15, -0.1) is 12.4 Å². The van der Waals surface area contributed by atoms with Crippen LogP contribution >= 0.6 is 12.4 Å². The van der Waals surface area contributed by atoms with Gasteiger partial charge in [0.2, 0.25) is 0 Å². The number of rotatable bonds is 7. The van der Waals surface area contributed by atoms with Gasteiger partial charge in [0, 0.05) is 29.7 Å². The first-order valence-electron chi connectivity index (χ1n) is 11.2. The molecule has 4 aromatic heterocycles. The monoisotopic (exact) mass is 499 g/mol. The SMILES string of the molecule is Cc1cccc(-c2[nH]c(CNc3cc(C#N)cc(CN(C)C)c3)nc2-c2ccc3ncnn3c2)n1.Cl. The highest BCUT2D eigenvalue weighted by Gasteiger charge is 2.16. The molecule has 2 N–H and O–H groups in total. The van der Waals surface area contributed by atoms with Gasteiger partial charge in [-0.1, -0.05) is 6.07 Å². The molecular formula is C26H26ClN9. The van der Waals surface area contributed by atoms with E-state index in [2.05, 4.69) is 37.4 Å². The molecule has 0 radical (unpaired) electrons. The van der Waals surface area contributed by atoms with Crippen LogP contribution in [0.1, 0.15) is 22.6 Å². The molecule has 36 heavy (non-hydrogen) atoms. The summed E-state index contributed by atoms with van der Waals surface area (Å²) >= 11 is 0. The van der Waals surface area contributed by atoms with Crippen molar-refractivity contribution >= 4 is 23.7 Å². The standard InChI is InChI=1S/C26H25N9.ClH/c1-17-5-4-6-22(31-17)26-25(20-7-8-24-29-16-30-35(24)15-20)32-23(33-26)13-28-21-10-18(12-27)9-19(11-21)14-34(2)3;/h4-11,15-16,28H,13-14H2,1-3H3,(H,32,33);1H. The molecule has 0 unspecified atom stereocenters. The van der Waals surface area contributed by atoms with E-state index in [4.69, 9.17) is 9.97 Å². The highest BCUT2D eigenvalue weighted by molar-refractivity contribution is 5.85. The minimum absolute atomic E-state index is 0. The second-order valence-corrected chi connectivity index (χ2v) is 8.67. The molecule has 182 valence electrons. The highest BCUT2D eigenvalue weighted by atomic mass is 35.5. The van der Waals surface area contributed by atoms with Gasteiger partial charge in [0.1, 0.15) is 12.2 Å². The molecule has 0 atom stereocenters. The Balaban J connectivity index is 0.00000304. The van der Waals surface area contributed by atoms with Crippen molar-refractivity contribution in [1.82, 2.24) is 34.4 Å². The van der Waals surface area contributed by atoms with Crippen LogP contribution in [0.5, 0.6) is 0 Å². The number of nitrogens with one attached hydrogen (secondary N) is 2. The maximum Gasteiger partial charge on any atom is 0.155 e. The van der Waals surface area contributed by atoms with E-state index < -0.39 is 0 Å². The molecule has 4 heterocycles. The van der Waals surface area contributed by atoms with Gasteiger partial charge in [0.05, 0.1) is 35.3 Å². The molecule has 0 aliphatic rings. The number of aromatic amines is 1. The Labute approximate surface area is 215 Å². The number of hydrogen-bond donors (Lipinski definition) is 2. The topological polar surface area (TPSA) is 111 Å². The summed E-state index contributed by atoms with van der Waals surface area (Å²) in [6.45, 7) is 3.18. The van der Waals surface area contributed by atoms with Crippen LogP contribution in [0.3, 0.4) is 0 Å². The molecule has 0 fully saturated rings. The van der Waals surface area contributed by atoms with E-state index in [1.54, 1.807) is 4.52 Å². The van der Waals surface area contributed by atoms with Crippen molar-refractivity contribution < 1.29 is 0 Å². The maximum atomic E-state index is 9.45. The number of pyridine rings is 2. The summed E-state index contributed by atoms with van der Waals surface area (Å²) in [5.74, 6) is 0.758. The summed E-state index contributed by atoms with van der Waals surface area (Å²) in [5, 5.41) is 17.1. The molecule has 0 aliphatic carbocycles. The van der Waals surface area contributed by atoms with Gasteiger partial charge in [-0.3, -0.25) is 4.98 Å². The van der Waals surface area contributed by atoms with Gasteiger partial charge in [-0.05, 0) is 69.0 Å². The van der Waals surface area contributed by atoms with Crippen LogP contribution in [0.4, 0.5) is 5.69 Å². The minimum atomic E-state index is 0. The number of anilines is 1. The van der Waals surface area contributed by atoms with Crippen LogP contribution in [0.25, 0.3) is 28.3 Å². The normalized spacial score (nSPS) is 10.9. The van der Waals surface area contributed by atoms with Gasteiger partial charge in [0.15, 0.2) is 5.65 Å². The summed E-state index contributed by atoms with van der Waals surface area (Å²) in [7, 11) is 4.02. The van der Waals surface area contributed by atoms with Gasteiger partial charge >= 0.3 is 0 Å². The lowest BCUT2D eigenvalue weighted by atomic mass is 10.1. The molecule has 1 aromatic carbocycles. The van der Waals surface area contributed by atoms with Crippen LogP contribution in [-0.2, 0) is 13.1 Å². The third-order valence-electron chi connectivity index (χ3n) is 5.53. The van der Waals surface area contributed by atoms with E-state index in [1.165, 1.54) is 6.33 Å². The zero-order valence-corrected chi connectivity index (χ0v) is 21.0. The summed E-state index contributed by atoms with van der Waals surface area (Å²) in [5.41, 5.74) is 7.61. The van der Waals surface area contributed by atoms with Crippen LogP contribution in [0.15, 0.2) is 61.1 Å². The Morgan fingerprint density at radius 3 is 2.75 bits per heavy atom. The Bertz CT molecular complexity index is 1540. The van der Waals surface area contributed by atoms with E-state index in [-0.39, 0.29) is 12.4 Å². The van der Waals surface area contributed by atoms with Gasteiger partial charge in [-0.25, -0.2) is 14.5 Å². The molecule has 0 bridgehead atoms. The van der Waals surface area contributed by atoms with Crippen LogP contribution in [0, 0.1) is 18.3 Å². The first kappa shape index (κ1) is 24.9. The number of imidazole rings is 1. The number of aryl methyl sites for hydroxylation is 1. The average Bonchev–Trinajstić information content (AvgIpc) is 3.49. The fourth-order valence-corrected chi connectivity index (χ4v) is 4.04. The van der Waals surface area contributed by atoms with Crippen LogP contribution < -0.4 is 5.32 Å². The number of benzene rings is 1. The smallest absolute Gasteiger partial charge is 0.155 e. The molecular weight excluding hydrogens is 474 g/mol. The molecule has 0 amide bonds. The van der Waals surface area contributed by atoms with Gasteiger partial charge in [-0.2, -0.15) is 10.4 Å². The lowest BCUT2D eigenvalue weighted by Crippen LogP contribution is -2.11. The predicted octanol–water partition coefficient (Wildman–Crippen LogP) is 4.46. The van der Waals surface area contributed by atoms with Gasteiger partial charge < -0.3 is 15.2 Å². The number of H-pyrrole nitrogens is 1. The molecule has 5 aromatic rings. The number of fused-ring (bicyclic) bond motifs is 1. The number of nitrogens with zero attached hydrogens (tertiary/aromatic N) is 7. The maximum absolute atomic E-state index is 9.45. The summed E-state index contributed by atoms with van der Waals surface area (Å²) in [6.07, 6.45) is 3.45. The van der Waals surface area contributed by atoms with Crippen molar-refractivity contribution in [2.24, 2.45) is 0 Å². The van der Waals surface area contributed by atoms with E-state index >= 15 is 0 Å². The molecule has 0 saturated carbocycles. The quantitative estimate of drug-likeness (QED) is 0.340. The van der Waals surface area contributed by atoms with E-state index in [9.17, 15) is 5.26 Å². The third-order valence-corrected chi connectivity index (χ3v) is 5.53. The van der Waals surface area contributed by atoms with E-state index in [0.717, 1.165) is 57.6 Å². The van der Waals surface area contributed by atoms with Crippen molar-refractivity contribution in [2.75, 3.05) is 19.4 Å². The number of aromatic nitrogens is 6. The Hall–Kier alpha value is -4.26. The number of halogens is 1. The first-order chi connectivity index (χ1) is 17.0. The summed E-state index contributed by atoms with van der Waals surface area (Å²) in [4.78, 5) is 19.4. The largest absolute Gasteiger partial charge is 0.378 e. The highest BCUT2D eigenvalue weighted by Crippen LogP contribution is 2.30. The molecule has 0 aliphatic heterocycles. The molecule has 0 spiro atoms. The fourth-order valence-electron chi connectivity index (χ4n) is 4.04. The Morgan fingerprint density at radius 2 is 1.97 bits per heavy atom. The summed E-state index contributed by atoms with van der Waals surface area (Å²) in [6, 6.07) is 17.9. The van der Waals surface area contributed by atoms with Crippen molar-refractivity contribution in [3.63, 3.8) is 0 Å². The zero-order valence-electron chi connectivity index (χ0n) is 20.2. The van der Waals surface area contributed by atoms with Crippen molar-refractivity contribution in [3.8, 4) is 28.7 Å². The molecule has 5 rings (SSSR count). The third kappa shape index (κ3) is 5.35. The van der Waals surface area contributed by atoms with Crippen LogP contribution in [-0.4, -0.2) is 48.5 Å². The zero-order chi connectivity index (χ0) is 24.4. The average molecular weight is 500 g/mol. The predicted molar refractivity (Wildman–Crippen MR) is 142 cm³/mol. The fraction of sp³-hybridized carbons (Fsp3) is 0.192. The van der Waals surface area contributed by atoms with Crippen molar-refractivity contribution in [3.05, 3.63) is 83.7 Å². The molecule has 9 nitrogen and oxygen atoms in total. The number of nitriles is 1. The lowest BCUT2D eigenvalue weighted by Gasteiger charge is -2.12. The Morgan fingerprint density at radius 1 is 1.11 bits per heavy atom. The summed E-state index contributed by atoms with van der Waals surface area (Å²) < 4.78 is 1.73. The molecule has 10 heteroatoms. The second kappa shape index (κ2) is 10.6.